The number of nitrogens with one attached hydrogen (secondary N) is 1. The van der Waals surface area contributed by atoms with Crippen LogP contribution < -0.4 is 23.8 Å². The highest BCUT2D eigenvalue weighted by molar-refractivity contribution is 7.89. The number of benzene rings is 5. The molecule has 7 rings (SSSR count). The van der Waals surface area contributed by atoms with Gasteiger partial charge in [0.05, 0.1) is 37.5 Å². The molecule has 1 amide bonds. The monoisotopic (exact) mass is 911 g/mol. The fourth-order valence-corrected chi connectivity index (χ4v) is 10.8. The van der Waals surface area contributed by atoms with Gasteiger partial charge in [-0.25, -0.2) is 21.6 Å². The standard InChI is InChI=1S/C47H53N5O10S2/c1-49-25-27-50(28-26-49)41-21-22-44(62-4)39-23-24-51(32-40(39)41)45(53)29-33-13-17-38(18-14-33)64(58,59)52(31-36-10-6-8-12-43(36)61-3)46(47(54)55)34-15-19-37(20-16-34)63(56,57)48-30-35-9-5-7-11-42(35)60-2/h5-22,46,48H,23-32H2,1-4H3,(H,54,55). The Balaban J connectivity index is 1.12. The van der Waals surface area contributed by atoms with Crippen molar-refractivity contribution in [3.8, 4) is 17.2 Å². The van der Waals surface area contributed by atoms with Gasteiger partial charge in [-0.15, -0.1) is 0 Å². The first-order chi connectivity index (χ1) is 30.7. The molecule has 1 fully saturated rings. The summed E-state index contributed by atoms with van der Waals surface area (Å²) >= 11 is 0. The molecular weight excluding hydrogens is 859 g/mol. The van der Waals surface area contributed by atoms with E-state index in [1.165, 1.54) is 50.6 Å². The summed E-state index contributed by atoms with van der Waals surface area (Å²) < 4.78 is 76.0. The van der Waals surface area contributed by atoms with Crippen LogP contribution in [0.3, 0.4) is 0 Å². The third kappa shape index (κ3) is 10.0. The van der Waals surface area contributed by atoms with E-state index in [0.29, 0.717) is 47.7 Å². The molecule has 15 nitrogen and oxygen atoms in total. The molecule has 1 saturated heterocycles. The molecule has 338 valence electrons. The zero-order chi connectivity index (χ0) is 45.6. The Labute approximate surface area is 374 Å². The van der Waals surface area contributed by atoms with E-state index < -0.39 is 38.6 Å². The van der Waals surface area contributed by atoms with Crippen LogP contribution in [-0.4, -0.2) is 109 Å². The Bertz CT molecular complexity index is 2690. The number of nitrogens with zero attached hydrogens (tertiary/aromatic N) is 4. The number of carbonyl (C=O) groups excluding carboxylic acids is 1. The van der Waals surface area contributed by atoms with Gasteiger partial charge in [-0.05, 0) is 73.1 Å². The van der Waals surface area contributed by atoms with Crippen LogP contribution in [0.25, 0.3) is 0 Å². The molecule has 0 radical (unpaired) electrons. The third-order valence-corrected chi connectivity index (χ3v) is 15.1. The lowest BCUT2D eigenvalue weighted by molar-refractivity contribution is -0.142. The van der Waals surface area contributed by atoms with E-state index in [9.17, 15) is 31.5 Å². The number of sulfonamides is 2. The zero-order valence-electron chi connectivity index (χ0n) is 36.3. The Kier molecular flexibility index (Phi) is 14.3. The number of ether oxygens (including phenoxy) is 3. The predicted molar refractivity (Wildman–Crippen MR) is 242 cm³/mol. The van der Waals surface area contributed by atoms with Crippen molar-refractivity contribution in [3.05, 3.63) is 143 Å². The van der Waals surface area contributed by atoms with Gasteiger partial charge in [0.15, 0.2) is 0 Å². The molecule has 0 bridgehead atoms. The number of amides is 1. The minimum atomic E-state index is -4.59. The maximum absolute atomic E-state index is 14.7. The highest BCUT2D eigenvalue weighted by atomic mass is 32.2. The maximum Gasteiger partial charge on any atom is 0.326 e. The fraction of sp³-hybridized carbons (Fsp3) is 0.319. The largest absolute Gasteiger partial charge is 0.496 e. The number of anilines is 1. The van der Waals surface area contributed by atoms with E-state index in [-0.39, 0.29) is 34.2 Å². The summed E-state index contributed by atoms with van der Waals surface area (Å²) in [6.07, 6.45) is 0.657. The van der Waals surface area contributed by atoms with Gasteiger partial charge in [0, 0.05) is 80.3 Å². The van der Waals surface area contributed by atoms with Crippen molar-refractivity contribution in [3.63, 3.8) is 0 Å². The summed E-state index contributed by atoms with van der Waals surface area (Å²) in [4.78, 5) is 33.2. The normalized spacial score (nSPS) is 15.1. The van der Waals surface area contributed by atoms with E-state index in [4.69, 9.17) is 14.2 Å². The number of fused-ring (bicyclic) bond motifs is 1. The number of rotatable bonds is 17. The number of hydrogen-bond donors (Lipinski definition) is 2. The summed E-state index contributed by atoms with van der Waals surface area (Å²) in [7, 11) is -1.99. The number of piperazine rings is 1. The molecule has 1 atom stereocenters. The van der Waals surface area contributed by atoms with Crippen LogP contribution in [0, 0.1) is 0 Å². The average molecular weight is 912 g/mol. The topological polar surface area (TPSA) is 175 Å². The van der Waals surface area contributed by atoms with Crippen LogP contribution in [0.1, 0.15) is 39.4 Å². The van der Waals surface area contributed by atoms with Gasteiger partial charge in [0.2, 0.25) is 26.0 Å². The summed E-state index contributed by atoms with van der Waals surface area (Å²) in [5, 5.41) is 10.7. The molecular formula is C47H53N5O10S2. The molecule has 17 heteroatoms. The number of likely N-dealkylation sites (N-methyl/N-ethyl adjacent to an activating group) is 1. The molecule has 2 aliphatic heterocycles. The predicted octanol–water partition coefficient (Wildman–Crippen LogP) is 5.09. The molecule has 0 saturated carbocycles. The lowest BCUT2D eigenvalue weighted by Gasteiger charge is -2.38. The van der Waals surface area contributed by atoms with Crippen molar-refractivity contribution in [2.45, 2.75) is 48.3 Å². The lowest BCUT2D eigenvalue weighted by atomic mass is 9.95. The number of para-hydroxylation sites is 2. The van der Waals surface area contributed by atoms with Crippen LogP contribution in [-0.2, 0) is 62.1 Å². The zero-order valence-corrected chi connectivity index (χ0v) is 37.9. The first-order valence-corrected chi connectivity index (χ1v) is 23.7. The highest BCUT2D eigenvalue weighted by Crippen LogP contribution is 2.37. The molecule has 2 aliphatic rings. The number of carboxylic acid groups (broad SMARTS) is 1. The van der Waals surface area contributed by atoms with Crippen molar-refractivity contribution in [2.24, 2.45) is 0 Å². The fourth-order valence-electron chi connectivity index (χ4n) is 8.26. The van der Waals surface area contributed by atoms with E-state index in [0.717, 1.165) is 53.0 Å². The molecule has 64 heavy (non-hydrogen) atoms. The third-order valence-electron chi connectivity index (χ3n) is 11.8. The minimum Gasteiger partial charge on any atom is -0.496 e. The number of carboxylic acids is 1. The van der Waals surface area contributed by atoms with Crippen LogP contribution in [0.2, 0.25) is 0 Å². The number of methoxy groups -OCH3 is 3. The van der Waals surface area contributed by atoms with Gasteiger partial charge in [-0.3, -0.25) is 9.59 Å². The molecule has 0 aliphatic carbocycles. The highest BCUT2D eigenvalue weighted by Gasteiger charge is 2.38. The second-order valence-electron chi connectivity index (χ2n) is 15.7. The summed E-state index contributed by atoms with van der Waals surface area (Å²) in [5.41, 5.74) is 4.90. The van der Waals surface area contributed by atoms with Gasteiger partial charge in [-0.1, -0.05) is 60.7 Å². The van der Waals surface area contributed by atoms with Gasteiger partial charge in [0.25, 0.3) is 0 Å². The molecule has 0 aromatic heterocycles. The quantitative estimate of drug-likeness (QED) is 0.127. The first kappa shape index (κ1) is 46.0. The number of aliphatic carboxylic acids is 1. The second kappa shape index (κ2) is 19.8. The average Bonchev–Trinajstić information content (AvgIpc) is 3.31. The van der Waals surface area contributed by atoms with E-state index in [1.54, 1.807) is 67.8 Å². The molecule has 0 spiro atoms. The van der Waals surface area contributed by atoms with Crippen molar-refractivity contribution < 1.29 is 45.7 Å². The first-order valence-electron chi connectivity index (χ1n) is 20.8. The SMILES string of the molecule is COc1ccccc1CNS(=O)(=O)c1ccc(C(C(=O)O)N(Cc2ccccc2OC)S(=O)(=O)c2ccc(CC(=O)N3CCc4c(OC)ccc(N5CCN(C)CC5)c4C3)cc2)cc1. The Morgan fingerprint density at radius 1 is 0.703 bits per heavy atom. The van der Waals surface area contributed by atoms with Gasteiger partial charge >= 0.3 is 5.97 Å². The number of hydrogen-bond acceptors (Lipinski definition) is 11. The Morgan fingerprint density at radius 2 is 1.30 bits per heavy atom. The van der Waals surface area contributed by atoms with Crippen molar-refractivity contribution >= 4 is 37.6 Å². The lowest BCUT2D eigenvalue weighted by Crippen LogP contribution is -2.45. The summed E-state index contributed by atoms with van der Waals surface area (Å²) in [6, 6.07) is 26.9. The minimum absolute atomic E-state index is 0.0216. The van der Waals surface area contributed by atoms with Crippen LogP contribution in [0.4, 0.5) is 5.69 Å². The van der Waals surface area contributed by atoms with Crippen LogP contribution >= 0.6 is 0 Å². The van der Waals surface area contributed by atoms with Gasteiger partial charge in [-0.2, -0.15) is 4.31 Å². The van der Waals surface area contributed by atoms with Crippen molar-refractivity contribution in [1.82, 2.24) is 18.8 Å². The number of carbonyl (C=O) groups is 2. The Morgan fingerprint density at radius 3 is 1.92 bits per heavy atom. The molecule has 5 aromatic rings. The molecule has 1 unspecified atom stereocenters. The van der Waals surface area contributed by atoms with E-state index >= 15 is 0 Å². The van der Waals surface area contributed by atoms with Gasteiger partial charge < -0.3 is 34.0 Å². The van der Waals surface area contributed by atoms with Gasteiger partial charge in [0.1, 0.15) is 23.3 Å². The van der Waals surface area contributed by atoms with Crippen LogP contribution in [0.5, 0.6) is 17.2 Å². The maximum atomic E-state index is 14.7. The smallest absolute Gasteiger partial charge is 0.326 e. The molecule has 2 N–H and O–H groups in total. The Hall–Kier alpha value is -5.98. The summed E-state index contributed by atoms with van der Waals surface area (Å²) in [6.45, 7) is 4.09. The van der Waals surface area contributed by atoms with Crippen molar-refractivity contribution in [2.75, 3.05) is 66.0 Å². The molecule has 2 heterocycles. The van der Waals surface area contributed by atoms with Crippen LogP contribution in [0.15, 0.2) is 119 Å². The van der Waals surface area contributed by atoms with E-state index in [1.807, 2.05) is 11.0 Å². The summed E-state index contributed by atoms with van der Waals surface area (Å²) in [5.74, 6) is 0.0580. The van der Waals surface area contributed by atoms with E-state index in [2.05, 4.69) is 27.6 Å². The molecule has 5 aromatic carbocycles. The van der Waals surface area contributed by atoms with Crippen molar-refractivity contribution in [1.29, 1.82) is 0 Å². The second-order valence-corrected chi connectivity index (χ2v) is 19.4.